The number of nitrogens with zero attached hydrogens (tertiary/aromatic N) is 4. The summed E-state index contributed by atoms with van der Waals surface area (Å²) in [4.78, 5) is 24.6. The molecule has 4 heterocycles. The highest BCUT2D eigenvalue weighted by molar-refractivity contribution is 7.16. The van der Waals surface area contributed by atoms with E-state index in [2.05, 4.69) is 22.1 Å². The van der Waals surface area contributed by atoms with Crippen LogP contribution in [0.1, 0.15) is 40.1 Å². The molecule has 4 N–H and O–H groups in total. The van der Waals surface area contributed by atoms with Crippen LogP contribution in [0, 0.1) is 6.92 Å². The number of aliphatic carboxylic acids is 2. The number of thiophene rings is 1. The number of hydrogen-bond donors (Lipinski definition) is 4. The van der Waals surface area contributed by atoms with Gasteiger partial charge in [-0.3, -0.25) is 4.90 Å². The third-order valence-electron chi connectivity index (χ3n) is 7.69. The van der Waals surface area contributed by atoms with Gasteiger partial charge in [0, 0.05) is 48.4 Å². The van der Waals surface area contributed by atoms with E-state index in [1.807, 2.05) is 37.8 Å². The Labute approximate surface area is 272 Å². The maximum Gasteiger partial charge on any atom is 0.335 e. The summed E-state index contributed by atoms with van der Waals surface area (Å²) in [5.41, 5.74) is 3.43. The molecule has 0 saturated carbocycles. The second kappa shape index (κ2) is 14.0. The number of aliphatic hydroxyl groups excluding tert-OH is 2. The first-order valence-electron chi connectivity index (χ1n) is 13.9. The fourth-order valence-electron chi connectivity index (χ4n) is 5.35. The van der Waals surface area contributed by atoms with Crippen LogP contribution < -0.4 is 0 Å². The van der Waals surface area contributed by atoms with Gasteiger partial charge in [-0.05, 0) is 51.6 Å². The van der Waals surface area contributed by atoms with Crippen LogP contribution in [0.2, 0.25) is 9.36 Å². The molecule has 5 rings (SSSR count). The summed E-state index contributed by atoms with van der Waals surface area (Å²) in [6.45, 7) is 4.37. The molecule has 1 fully saturated rings. The summed E-state index contributed by atoms with van der Waals surface area (Å²) >= 11 is 13.9. The summed E-state index contributed by atoms with van der Waals surface area (Å²) in [5.74, 6) is -6.53. The predicted octanol–water partition coefficient (Wildman–Crippen LogP) is 4.10. The smallest absolute Gasteiger partial charge is 0.335 e. The van der Waals surface area contributed by atoms with Gasteiger partial charge >= 0.3 is 11.9 Å². The molecule has 3 aromatic rings. The maximum absolute atomic E-state index is 14.4. The van der Waals surface area contributed by atoms with Crippen molar-refractivity contribution in [2.24, 2.45) is 0 Å². The zero-order chi connectivity index (χ0) is 33.3. The summed E-state index contributed by atoms with van der Waals surface area (Å²) < 4.78 is 36.9. The number of aryl methyl sites for hydroxylation is 1. The van der Waals surface area contributed by atoms with Crippen LogP contribution in [-0.2, 0) is 38.9 Å². The van der Waals surface area contributed by atoms with Gasteiger partial charge in [0.1, 0.15) is 12.2 Å². The van der Waals surface area contributed by atoms with Gasteiger partial charge in [0.2, 0.25) is 0 Å². The number of hydrogen-bond acceptors (Lipinski definition) is 9. The number of aliphatic hydroxyl groups is 2. The van der Waals surface area contributed by atoms with Crippen LogP contribution >= 0.6 is 34.5 Å². The molecule has 0 unspecified atom stereocenters. The van der Waals surface area contributed by atoms with Crippen molar-refractivity contribution in [2.45, 2.75) is 56.6 Å². The Hall–Kier alpha value is -2.69. The number of benzene rings is 1. The Bertz CT molecular complexity index is 1520. The van der Waals surface area contributed by atoms with Gasteiger partial charge in [-0.15, -0.1) is 11.3 Å². The number of carbonyl (C=O) groups is 2. The monoisotopic (exact) mass is 690 g/mol. The fraction of sp³-hybridized carbons (Fsp3) is 0.483. The Morgan fingerprint density at radius 3 is 2.31 bits per heavy atom. The molecule has 246 valence electrons. The van der Waals surface area contributed by atoms with Gasteiger partial charge in [-0.2, -0.15) is 13.9 Å². The number of carboxylic acids is 2. The Balaban J connectivity index is 0.000000399. The van der Waals surface area contributed by atoms with E-state index in [9.17, 15) is 18.4 Å². The van der Waals surface area contributed by atoms with Crippen LogP contribution in [0.15, 0.2) is 30.5 Å². The minimum atomic E-state index is -2.99. The normalized spacial score (nSPS) is 18.6. The lowest BCUT2D eigenvalue weighted by molar-refractivity contribution is -0.182. The van der Waals surface area contributed by atoms with Crippen molar-refractivity contribution in [1.29, 1.82) is 0 Å². The number of rotatable bonds is 8. The van der Waals surface area contributed by atoms with Gasteiger partial charge in [-0.1, -0.05) is 35.3 Å². The van der Waals surface area contributed by atoms with Gasteiger partial charge in [-0.25, -0.2) is 14.3 Å². The molecular formula is C29H34Cl2F2N4O7S. The number of carboxylic acid groups (broad SMARTS) is 2. The third-order valence-corrected chi connectivity index (χ3v) is 9.44. The Morgan fingerprint density at radius 2 is 1.73 bits per heavy atom. The van der Waals surface area contributed by atoms with Crippen molar-refractivity contribution in [1.82, 2.24) is 19.6 Å². The molecule has 2 atom stereocenters. The highest BCUT2D eigenvalue weighted by Gasteiger charge is 2.51. The molecule has 1 aromatic carbocycles. The van der Waals surface area contributed by atoms with Crippen molar-refractivity contribution < 1.29 is 43.5 Å². The average molecular weight is 692 g/mol. The van der Waals surface area contributed by atoms with E-state index in [0.717, 1.165) is 48.7 Å². The van der Waals surface area contributed by atoms with E-state index in [1.165, 1.54) is 17.4 Å². The first-order chi connectivity index (χ1) is 21.0. The van der Waals surface area contributed by atoms with Crippen molar-refractivity contribution >= 4 is 46.5 Å². The first-order valence-corrected chi connectivity index (χ1v) is 15.5. The molecule has 1 spiro atoms. The molecule has 1 saturated heterocycles. The van der Waals surface area contributed by atoms with Crippen LogP contribution in [0.5, 0.6) is 0 Å². The molecule has 45 heavy (non-hydrogen) atoms. The zero-order valence-electron chi connectivity index (χ0n) is 24.7. The zero-order valence-corrected chi connectivity index (χ0v) is 27.0. The first kappa shape index (κ1) is 35.2. The lowest BCUT2D eigenvalue weighted by Crippen LogP contribution is -2.48. The molecule has 16 heteroatoms. The van der Waals surface area contributed by atoms with Crippen LogP contribution in [0.3, 0.4) is 0 Å². The minimum Gasteiger partial charge on any atom is -0.479 e. The molecule has 0 amide bonds. The van der Waals surface area contributed by atoms with E-state index >= 15 is 0 Å². The SMILES string of the molecule is Cc1nn(-c2c(Cl)cccc2CN(C)C)cc1CN1CCC2(CC1)OCC(F)(F)c1cc(Cl)sc12.O=C(O)[C@H](O)[C@@H](O)C(=O)O. The summed E-state index contributed by atoms with van der Waals surface area (Å²) in [6.07, 6.45) is -1.18. The van der Waals surface area contributed by atoms with E-state index < -0.39 is 42.3 Å². The third kappa shape index (κ3) is 7.83. The highest BCUT2D eigenvalue weighted by Crippen LogP contribution is 2.52. The number of ether oxygens (including phenoxy) is 1. The van der Waals surface area contributed by atoms with Gasteiger partial charge < -0.3 is 30.1 Å². The highest BCUT2D eigenvalue weighted by atomic mass is 35.5. The number of alkyl halides is 2. The second-order valence-corrected chi connectivity index (χ2v) is 13.4. The molecule has 2 aliphatic rings. The maximum atomic E-state index is 14.4. The van der Waals surface area contributed by atoms with E-state index in [0.29, 0.717) is 27.1 Å². The van der Waals surface area contributed by atoms with E-state index in [4.69, 9.17) is 53.5 Å². The van der Waals surface area contributed by atoms with Crippen molar-refractivity contribution in [3.8, 4) is 5.69 Å². The second-order valence-electron chi connectivity index (χ2n) is 11.3. The number of halogens is 4. The van der Waals surface area contributed by atoms with Crippen molar-refractivity contribution in [3.63, 3.8) is 0 Å². The van der Waals surface area contributed by atoms with Crippen LogP contribution in [0.4, 0.5) is 8.78 Å². The van der Waals surface area contributed by atoms with Gasteiger partial charge in [0.25, 0.3) is 5.92 Å². The van der Waals surface area contributed by atoms with E-state index in [-0.39, 0.29) is 5.56 Å². The summed E-state index contributed by atoms with van der Waals surface area (Å²) in [5, 5.41) is 38.0. The lowest BCUT2D eigenvalue weighted by Gasteiger charge is -2.45. The lowest BCUT2D eigenvalue weighted by atomic mass is 9.84. The van der Waals surface area contributed by atoms with Crippen molar-refractivity contribution in [2.75, 3.05) is 33.8 Å². The molecule has 2 aliphatic heterocycles. The number of piperidine rings is 1. The molecule has 0 aliphatic carbocycles. The number of aromatic nitrogens is 2. The predicted molar refractivity (Wildman–Crippen MR) is 163 cm³/mol. The topological polar surface area (TPSA) is 149 Å². The van der Waals surface area contributed by atoms with Crippen molar-refractivity contribution in [3.05, 3.63) is 67.1 Å². The Kier molecular flexibility index (Phi) is 10.9. The van der Waals surface area contributed by atoms with Gasteiger partial charge in [0.15, 0.2) is 12.2 Å². The fourth-order valence-corrected chi connectivity index (χ4v) is 7.11. The quantitative estimate of drug-likeness (QED) is 0.272. The van der Waals surface area contributed by atoms with Crippen LogP contribution in [-0.4, -0.2) is 97.9 Å². The number of para-hydroxylation sites is 1. The Morgan fingerprint density at radius 1 is 1.11 bits per heavy atom. The number of likely N-dealkylation sites (tertiary alicyclic amines) is 1. The summed E-state index contributed by atoms with van der Waals surface area (Å²) in [7, 11) is 4.05. The molecule has 0 bridgehead atoms. The van der Waals surface area contributed by atoms with E-state index in [1.54, 1.807) is 0 Å². The molecule has 11 nitrogen and oxygen atoms in total. The van der Waals surface area contributed by atoms with Crippen LogP contribution in [0.25, 0.3) is 5.69 Å². The largest absolute Gasteiger partial charge is 0.479 e. The minimum absolute atomic E-state index is 0.0394. The molecule has 0 radical (unpaired) electrons. The molecular weight excluding hydrogens is 657 g/mol. The standard InChI is InChI=1S/C25H28Cl2F2N4OS.C4H6O6/c1-16-18(14-33(30-16)22-17(12-31(2)3)5-4-6-20(22)26)13-32-9-7-24(8-10-32)23-19(11-21(27)35-23)25(28,29)15-34-24;5-1(3(7)8)2(6)4(9)10/h4-6,11,14H,7-10,12-13,15H2,1-3H3;1-2,5-6H,(H,7,8)(H,9,10)/t;1-,2-/m.1/s1. The average Bonchev–Trinajstić information content (AvgIpc) is 3.54. The summed E-state index contributed by atoms with van der Waals surface area (Å²) in [6, 6.07) is 7.33. The molecule has 2 aromatic heterocycles. The number of fused-ring (bicyclic) bond motifs is 2. The van der Waals surface area contributed by atoms with Gasteiger partial charge in [0.05, 0.1) is 20.7 Å².